The van der Waals surface area contributed by atoms with Crippen molar-refractivity contribution in [1.82, 2.24) is 0 Å². The first kappa shape index (κ1) is 6.24. The lowest BCUT2D eigenvalue weighted by Gasteiger charge is -1.89. The Bertz CT molecular complexity index is 258. The molecule has 0 amide bonds. The van der Waals surface area contributed by atoms with Gasteiger partial charge in [-0.25, -0.2) is 4.21 Å². The molecule has 1 heterocycles. The van der Waals surface area contributed by atoms with E-state index in [1.165, 1.54) is 10.8 Å². The minimum absolute atomic E-state index is 0.728. The molecular weight excluding hydrogens is 168 g/mol. The maximum absolute atomic E-state index is 10.8. The SMILES string of the molecule is O=S1Oc2ccccc2S1. The summed E-state index contributed by atoms with van der Waals surface area (Å²) in [4.78, 5) is 0.959. The van der Waals surface area contributed by atoms with Crippen molar-refractivity contribution < 1.29 is 8.39 Å². The Morgan fingerprint density at radius 2 is 2.20 bits per heavy atom. The summed E-state index contributed by atoms with van der Waals surface area (Å²) in [6.07, 6.45) is 0. The molecule has 1 aliphatic heterocycles. The van der Waals surface area contributed by atoms with Crippen molar-refractivity contribution in [3.05, 3.63) is 24.3 Å². The van der Waals surface area contributed by atoms with E-state index in [2.05, 4.69) is 0 Å². The number of fused-ring (bicyclic) bond motifs is 1. The molecule has 52 valence electrons. The normalized spacial score (nSPS) is 21.8. The van der Waals surface area contributed by atoms with Gasteiger partial charge in [0, 0.05) is 10.8 Å². The largest absolute Gasteiger partial charge is 0.391 e. The van der Waals surface area contributed by atoms with Gasteiger partial charge in [-0.3, -0.25) is 0 Å². The summed E-state index contributed by atoms with van der Waals surface area (Å²) in [5, 5.41) is 0. The van der Waals surface area contributed by atoms with Gasteiger partial charge in [-0.05, 0) is 12.1 Å². The number of hydrogen-bond acceptors (Lipinski definition) is 3. The lowest BCUT2D eigenvalue weighted by atomic mass is 10.3. The van der Waals surface area contributed by atoms with Crippen molar-refractivity contribution in [1.29, 1.82) is 0 Å². The van der Waals surface area contributed by atoms with Crippen LogP contribution >= 0.6 is 10.8 Å². The lowest BCUT2D eigenvalue weighted by Crippen LogP contribution is -1.84. The number of hydrogen-bond donors (Lipinski definition) is 0. The van der Waals surface area contributed by atoms with E-state index in [0.29, 0.717) is 0 Å². The summed E-state index contributed by atoms with van der Waals surface area (Å²) in [6.45, 7) is 0. The van der Waals surface area contributed by atoms with Crippen LogP contribution in [0, 0.1) is 0 Å². The highest BCUT2D eigenvalue weighted by molar-refractivity contribution is 8.68. The second-order valence-corrected chi connectivity index (χ2v) is 4.32. The molecule has 2 nitrogen and oxygen atoms in total. The molecule has 1 aromatic carbocycles. The van der Waals surface area contributed by atoms with Crippen LogP contribution in [0.4, 0.5) is 0 Å². The van der Waals surface area contributed by atoms with Gasteiger partial charge in [0.2, 0.25) is 0 Å². The Balaban J connectivity index is 2.51. The minimum atomic E-state index is -1.20. The zero-order valence-electron chi connectivity index (χ0n) is 4.94. The topological polar surface area (TPSA) is 26.3 Å². The quantitative estimate of drug-likeness (QED) is 0.558. The maximum atomic E-state index is 10.8. The summed E-state index contributed by atoms with van der Waals surface area (Å²) in [7, 11) is 0.0384. The molecule has 1 aliphatic rings. The average Bonchev–Trinajstić information content (AvgIpc) is 2.27. The molecule has 0 saturated heterocycles. The molecule has 1 aromatic rings. The van der Waals surface area contributed by atoms with E-state index in [0.717, 1.165) is 10.6 Å². The smallest absolute Gasteiger partial charge is 0.276 e. The lowest BCUT2D eigenvalue weighted by molar-refractivity contribution is 0.574. The number of para-hydroxylation sites is 1. The van der Waals surface area contributed by atoms with Gasteiger partial charge in [0.25, 0.3) is 10.1 Å². The third-order valence-corrected chi connectivity index (χ3v) is 3.28. The van der Waals surface area contributed by atoms with E-state index in [1.807, 2.05) is 24.3 Å². The van der Waals surface area contributed by atoms with Gasteiger partial charge in [-0.2, -0.15) is 0 Å². The second-order valence-electron chi connectivity index (χ2n) is 1.82. The Morgan fingerprint density at radius 1 is 1.40 bits per heavy atom. The van der Waals surface area contributed by atoms with Crippen LogP contribution in [-0.2, 0) is 10.1 Å². The van der Waals surface area contributed by atoms with Gasteiger partial charge in [-0.15, -0.1) is 0 Å². The summed E-state index contributed by atoms with van der Waals surface area (Å²) >= 11 is 0. The van der Waals surface area contributed by atoms with Crippen molar-refractivity contribution >= 4 is 20.9 Å². The molecule has 4 heteroatoms. The van der Waals surface area contributed by atoms with E-state index < -0.39 is 10.1 Å². The van der Waals surface area contributed by atoms with E-state index in [9.17, 15) is 4.21 Å². The predicted molar refractivity (Wildman–Crippen MR) is 41.1 cm³/mol. The molecule has 0 spiro atoms. The third kappa shape index (κ3) is 0.932. The van der Waals surface area contributed by atoms with E-state index >= 15 is 0 Å². The van der Waals surface area contributed by atoms with Crippen molar-refractivity contribution in [2.45, 2.75) is 4.90 Å². The van der Waals surface area contributed by atoms with Crippen LogP contribution in [0.1, 0.15) is 0 Å². The summed E-state index contributed by atoms with van der Waals surface area (Å²) < 4.78 is 15.7. The maximum Gasteiger partial charge on any atom is 0.276 e. The summed E-state index contributed by atoms with van der Waals surface area (Å²) in [6, 6.07) is 7.47. The fourth-order valence-electron chi connectivity index (χ4n) is 0.751. The Morgan fingerprint density at radius 3 is 3.00 bits per heavy atom. The van der Waals surface area contributed by atoms with Crippen LogP contribution in [0.15, 0.2) is 29.2 Å². The van der Waals surface area contributed by atoms with Crippen LogP contribution in [-0.4, -0.2) is 4.21 Å². The summed E-state index contributed by atoms with van der Waals surface area (Å²) in [5.74, 6) is 0.728. The Labute approximate surface area is 64.6 Å². The van der Waals surface area contributed by atoms with Gasteiger partial charge in [0.05, 0.1) is 4.90 Å². The van der Waals surface area contributed by atoms with Crippen LogP contribution in [0.2, 0.25) is 0 Å². The van der Waals surface area contributed by atoms with Crippen LogP contribution in [0.3, 0.4) is 0 Å². The van der Waals surface area contributed by atoms with Crippen LogP contribution in [0.25, 0.3) is 0 Å². The van der Waals surface area contributed by atoms with Crippen LogP contribution < -0.4 is 4.18 Å². The van der Waals surface area contributed by atoms with Crippen molar-refractivity contribution in [2.75, 3.05) is 0 Å². The molecule has 0 aliphatic carbocycles. The average molecular weight is 172 g/mol. The van der Waals surface area contributed by atoms with Gasteiger partial charge in [0.1, 0.15) is 0 Å². The monoisotopic (exact) mass is 172 g/mol. The third-order valence-electron chi connectivity index (χ3n) is 1.16. The molecule has 10 heavy (non-hydrogen) atoms. The molecule has 0 N–H and O–H groups in total. The predicted octanol–water partition coefficient (Wildman–Crippen LogP) is 1.75. The minimum Gasteiger partial charge on any atom is -0.391 e. The fraction of sp³-hybridized carbons (Fsp3) is 0. The zero-order chi connectivity index (χ0) is 6.97. The molecule has 1 atom stereocenters. The molecule has 0 aromatic heterocycles. The van der Waals surface area contributed by atoms with Crippen LogP contribution in [0.5, 0.6) is 5.75 Å². The molecule has 0 fully saturated rings. The molecule has 2 rings (SSSR count). The standard InChI is InChI=1S/C6H4O2S2/c7-10-8-5-3-1-2-4-6(5)9-10/h1-4H. The van der Waals surface area contributed by atoms with Gasteiger partial charge in [-0.1, -0.05) is 12.1 Å². The second kappa shape index (κ2) is 2.29. The molecule has 0 saturated carbocycles. The molecular formula is C6H4O2S2. The highest BCUT2D eigenvalue weighted by Gasteiger charge is 2.18. The fourth-order valence-corrected chi connectivity index (χ4v) is 2.78. The first-order valence-corrected chi connectivity index (χ1v) is 5.14. The molecule has 1 unspecified atom stereocenters. The molecule has 0 bridgehead atoms. The highest BCUT2D eigenvalue weighted by Crippen LogP contribution is 2.38. The first-order chi connectivity index (χ1) is 4.86. The molecule has 0 radical (unpaired) electrons. The van der Waals surface area contributed by atoms with E-state index in [1.54, 1.807) is 0 Å². The highest BCUT2D eigenvalue weighted by atomic mass is 33.1. The number of rotatable bonds is 0. The Hall–Kier alpha value is -0.480. The number of benzene rings is 1. The summed E-state index contributed by atoms with van der Waals surface area (Å²) in [5.41, 5.74) is 0. The first-order valence-electron chi connectivity index (χ1n) is 2.74. The van der Waals surface area contributed by atoms with Crippen molar-refractivity contribution in [2.24, 2.45) is 0 Å². The van der Waals surface area contributed by atoms with Crippen molar-refractivity contribution in [3.8, 4) is 5.75 Å². The van der Waals surface area contributed by atoms with Gasteiger partial charge in [0.15, 0.2) is 5.75 Å². The Kier molecular flexibility index (Phi) is 1.43. The van der Waals surface area contributed by atoms with E-state index in [-0.39, 0.29) is 0 Å². The van der Waals surface area contributed by atoms with Gasteiger partial charge < -0.3 is 4.18 Å². The van der Waals surface area contributed by atoms with E-state index in [4.69, 9.17) is 4.18 Å². The van der Waals surface area contributed by atoms with Gasteiger partial charge >= 0.3 is 0 Å². The van der Waals surface area contributed by atoms with Crippen molar-refractivity contribution in [3.63, 3.8) is 0 Å². The zero-order valence-corrected chi connectivity index (χ0v) is 6.58.